The Kier molecular flexibility index (Phi) is 4.26. The molecule has 4 nitrogen and oxygen atoms in total. The number of nitrogen functional groups attached to an aromatic ring is 1. The van der Waals surface area contributed by atoms with Crippen LogP contribution in [-0.2, 0) is 6.54 Å². The highest BCUT2D eigenvalue weighted by Gasteiger charge is 2.05. The van der Waals surface area contributed by atoms with Crippen LogP contribution in [0, 0.1) is 0 Å². The number of rotatable bonds is 5. The van der Waals surface area contributed by atoms with Gasteiger partial charge in [-0.1, -0.05) is 18.2 Å². The maximum atomic E-state index is 9.29. The average Bonchev–Trinajstić information content (AvgIpc) is 2.39. The molecule has 1 unspecified atom stereocenters. The lowest BCUT2D eigenvalue weighted by Gasteiger charge is -2.14. The predicted octanol–water partition coefficient (Wildman–Crippen LogP) is 2.60. The molecule has 1 atom stereocenters. The summed E-state index contributed by atoms with van der Waals surface area (Å²) in [6, 6.07) is 15.2. The number of aliphatic hydroxyl groups excluding tert-OH is 1. The maximum Gasteiger partial charge on any atom is 0.194 e. The fraction of sp³-hybridized carbons (Fsp3) is 0.200. The predicted molar refractivity (Wildman–Crippen MR) is 76.9 cm³/mol. The second kappa shape index (κ2) is 6.11. The number of hydrogen-bond donors (Lipinski definition) is 3. The van der Waals surface area contributed by atoms with Crippen LogP contribution in [-0.4, -0.2) is 11.4 Å². The number of para-hydroxylation sites is 1. The highest BCUT2D eigenvalue weighted by Crippen LogP contribution is 2.20. The van der Waals surface area contributed by atoms with Crippen molar-refractivity contribution in [2.24, 2.45) is 0 Å². The van der Waals surface area contributed by atoms with Crippen LogP contribution in [0.25, 0.3) is 0 Å². The SMILES string of the molecule is CC(O)Oc1ccccc1CNc1ccc(N)cc1. The highest BCUT2D eigenvalue weighted by molar-refractivity contribution is 5.51. The van der Waals surface area contributed by atoms with Crippen molar-refractivity contribution in [1.29, 1.82) is 0 Å². The van der Waals surface area contributed by atoms with Gasteiger partial charge in [0.1, 0.15) is 5.75 Å². The summed E-state index contributed by atoms with van der Waals surface area (Å²) in [7, 11) is 0. The number of nitrogens with one attached hydrogen (secondary N) is 1. The van der Waals surface area contributed by atoms with Crippen molar-refractivity contribution in [1.82, 2.24) is 0 Å². The van der Waals surface area contributed by atoms with Gasteiger partial charge in [0, 0.05) is 23.5 Å². The zero-order valence-electron chi connectivity index (χ0n) is 10.8. The molecule has 0 bridgehead atoms. The molecule has 100 valence electrons. The van der Waals surface area contributed by atoms with Gasteiger partial charge in [-0.15, -0.1) is 0 Å². The second-order valence-corrected chi connectivity index (χ2v) is 4.30. The highest BCUT2D eigenvalue weighted by atomic mass is 16.6. The minimum absolute atomic E-state index is 0.618. The third-order valence-corrected chi connectivity index (χ3v) is 2.66. The lowest BCUT2D eigenvalue weighted by molar-refractivity contribution is -0.000939. The Hall–Kier alpha value is -2.20. The van der Waals surface area contributed by atoms with Crippen LogP contribution in [0.2, 0.25) is 0 Å². The van der Waals surface area contributed by atoms with E-state index in [1.54, 1.807) is 6.92 Å². The van der Waals surface area contributed by atoms with Crippen LogP contribution in [0.1, 0.15) is 12.5 Å². The Morgan fingerprint density at radius 1 is 1.16 bits per heavy atom. The number of aliphatic hydroxyl groups is 1. The van der Waals surface area contributed by atoms with Gasteiger partial charge in [-0.3, -0.25) is 0 Å². The molecule has 2 rings (SSSR count). The maximum absolute atomic E-state index is 9.29. The number of ether oxygens (including phenoxy) is 1. The minimum atomic E-state index is -0.822. The molecule has 2 aromatic carbocycles. The van der Waals surface area contributed by atoms with Crippen LogP contribution < -0.4 is 15.8 Å². The van der Waals surface area contributed by atoms with E-state index in [1.807, 2.05) is 48.5 Å². The zero-order chi connectivity index (χ0) is 13.7. The van der Waals surface area contributed by atoms with E-state index in [1.165, 1.54) is 0 Å². The molecule has 0 radical (unpaired) electrons. The van der Waals surface area contributed by atoms with E-state index in [4.69, 9.17) is 10.5 Å². The molecule has 0 aliphatic rings. The second-order valence-electron chi connectivity index (χ2n) is 4.30. The van der Waals surface area contributed by atoms with Crippen molar-refractivity contribution in [3.8, 4) is 5.75 Å². The number of anilines is 2. The molecule has 19 heavy (non-hydrogen) atoms. The van der Waals surface area contributed by atoms with Crippen molar-refractivity contribution in [2.75, 3.05) is 11.1 Å². The van der Waals surface area contributed by atoms with E-state index in [9.17, 15) is 5.11 Å². The molecule has 2 aromatic rings. The number of benzene rings is 2. The largest absolute Gasteiger partial charge is 0.465 e. The quantitative estimate of drug-likeness (QED) is 0.569. The monoisotopic (exact) mass is 258 g/mol. The van der Waals surface area contributed by atoms with Gasteiger partial charge < -0.3 is 20.9 Å². The molecule has 0 saturated carbocycles. The van der Waals surface area contributed by atoms with Gasteiger partial charge in [-0.2, -0.15) is 0 Å². The molecule has 4 heteroatoms. The molecule has 0 spiro atoms. The molecule has 0 aromatic heterocycles. The average molecular weight is 258 g/mol. The van der Waals surface area contributed by atoms with E-state index in [-0.39, 0.29) is 0 Å². The van der Waals surface area contributed by atoms with Gasteiger partial charge >= 0.3 is 0 Å². The Morgan fingerprint density at radius 3 is 2.53 bits per heavy atom. The molecule has 4 N–H and O–H groups in total. The van der Waals surface area contributed by atoms with E-state index in [0.29, 0.717) is 12.3 Å². The summed E-state index contributed by atoms with van der Waals surface area (Å²) in [5.74, 6) is 0.681. The standard InChI is InChI=1S/C15H18N2O2/c1-11(18)19-15-5-3-2-4-12(15)10-17-14-8-6-13(16)7-9-14/h2-9,11,17-18H,10,16H2,1H3. The minimum Gasteiger partial charge on any atom is -0.465 e. The van der Waals surface area contributed by atoms with Gasteiger partial charge in [-0.05, 0) is 37.3 Å². The topological polar surface area (TPSA) is 67.5 Å². The summed E-state index contributed by atoms with van der Waals surface area (Å²) in [5.41, 5.74) is 8.35. The first-order valence-electron chi connectivity index (χ1n) is 6.17. The third kappa shape index (κ3) is 3.89. The van der Waals surface area contributed by atoms with Gasteiger partial charge in [0.2, 0.25) is 0 Å². The summed E-state index contributed by atoms with van der Waals surface area (Å²) < 4.78 is 5.35. The summed E-state index contributed by atoms with van der Waals surface area (Å²) in [6.07, 6.45) is -0.822. The smallest absolute Gasteiger partial charge is 0.194 e. The molecular formula is C15H18N2O2. The van der Waals surface area contributed by atoms with Crippen molar-refractivity contribution < 1.29 is 9.84 Å². The molecule has 0 aliphatic carbocycles. The molecule has 0 amide bonds. The number of nitrogens with two attached hydrogens (primary N) is 1. The van der Waals surface area contributed by atoms with Crippen LogP contribution in [0.3, 0.4) is 0 Å². The van der Waals surface area contributed by atoms with Gasteiger partial charge in [0.05, 0.1) is 0 Å². The summed E-state index contributed by atoms with van der Waals surface area (Å²) in [5, 5.41) is 12.6. The lowest BCUT2D eigenvalue weighted by atomic mass is 10.2. The van der Waals surface area contributed by atoms with Gasteiger partial charge in [0.15, 0.2) is 6.29 Å². The molecule has 0 fully saturated rings. The van der Waals surface area contributed by atoms with Crippen molar-refractivity contribution in [3.05, 3.63) is 54.1 Å². The Labute approximate surface area is 112 Å². The Balaban J connectivity index is 2.04. The van der Waals surface area contributed by atoms with E-state index in [0.717, 1.165) is 16.9 Å². The first-order chi connectivity index (χ1) is 9.15. The normalized spacial score (nSPS) is 11.9. The van der Waals surface area contributed by atoms with Gasteiger partial charge in [-0.25, -0.2) is 0 Å². The van der Waals surface area contributed by atoms with Gasteiger partial charge in [0.25, 0.3) is 0 Å². The fourth-order valence-corrected chi connectivity index (χ4v) is 1.75. The van der Waals surface area contributed by atoms with Crippen molar-refractivity contribution in [2.45, 2.75) is 19.8 Å². The molecule has 0 aliphatic heterocycles. The first-order valence-corrected chi connectivity index (χ1v) is 6.17. The Bertz CT molecular complexity index is 524. The molecule has 0 heterocycles. The molecular weight excluding hydrogens is 240 g/mol. The summed E-state index contributed by atoms with van der Waals surface area (Å²) in [4.78, 5) is 0. The zero-order valence-corrected chi connectivity index (χ0v) is 10.8. The van der Waals surface area contributed by atoms with Crippen LogP contribution in [0.4, 0.5) is 11.4 Å². The van der Waals surface area contributed by atoms with Crippen molar-refractivity contribution >= 4 is 11.4 Å². The van der Waals surface area contributed by atoms with Crippen LogP contribution in [0.15, 0.2) is 48.5 Å². The lowest BCUT2D eigenvalue weighted by Crippen LogP contribution is -2.12. The Morgan fingerprint density at radius 2 is 1.84 bits per heavy atom. The summed E-state index contributed by atoms with van der Waals surface area (Å²) >= 11 is 0. The third-order valence-electron chi connectivity index (χ3n) is 2.66. The number of hydrogen-bond acceptors (Lipinski definition) is 4. The van der Waals surface area contributed by atoms with E-state index >= 15 is 0 Å². The summed E-state index contributed by atoms with van der Waals surface area (Å²) in [6.45, 7) is 2.21. The molecule has 0 saturated heterocycles. The fourth-order valence-electron chi connectivity index (χ4n) is 1.75. The van der Waals surface area contributed by atoms with Crippen LogP contribution >= 0.6 is 0 Å². The van der Waals surface area contributed by atoms with E-state index < -0.39 is 6.29 Å². The van der Waals surface area contributed by atoms with Crippen molar-refractivity contribution in [3.63, 3.8) is 0 Å². The van der Waals surface area contributed by atoms with Crippen LogP contribution in [0.5, 0.6) is 5.75 Å². The first kappa shape index (κ1) is 13.2. The van der Waals surface area contributed by atoms with E-state index in [2.05, 4.69) is 5.32 Å².